The van der Waals surface area contributed by atoms with E-state index in [2.05, 4.69) is 40.2 Å². The number of nitrogens with zero attached hydrogens (tertiary/aromatic N) is 1. The van der Waals surface area contributed by atoms with Gasteiger partial charge in [0.1, 0.15) is 0 Å². The van der Waals surface area contributed by atoms with Crippen molar-refractivity contribution in [3.8, 4) is 0 Å². The lowest BCUT2D eigenvalue weighted by molar-refractivity contribution is -0.135. The van der Waals surface area contributed by atoms with Crippen molar-refractivity contribution < 1.29 is 4.79 Å². The van der Waals surface area contributed by atoms with Crippen molar-refractivity contribution in [1.29, 1.82) is 0 Å². The summed E-state index contributed by atoms with van der Waals surface area (Å²) in [6.45, 7) is 0.784. The molecule has 2 aliphatic carbocycles. The molecule has 3 rings (SSSR count). The Labute approximate surface area is 147 Å². The first-order valence-corrected chi connectivity index (χ1v) is 8.55. The molecular formula is C17H24BrClN2O. The first kappa shape index (κ1) is 17.8. The Hall–Kier alpha value is -0.580. The van der Waals surface area contributed by atoms with E-state index in [9.17, 15) is 4.79 Å². The van der Waals surface area contributed by atoms with E-state index in [1.807, 2.05) is 11.9 Å². The van der Waals surface area contributed by atoms with Gasteiger partial charge < -0.3 is 10.6 Å². The lowest BCUT2D eigenvalue weighted by Gasteiger charge is -2.31. The molecule has 22 heavy (non-hydrogen) atoms. The Morgan fingerprint density at radius 1 is 1.18 bits per heavy atom. The second-order valence-corrected chi connectivity index (χ2v) is 7.73. The Bertz CT molecular complexity index is 536. The topological polar surface area (TPSA) is 46.3 Å². The molecule has 0 aromatic heterocycles. The van der Waals surface area contributed by atoms with E-state index in [0.29, 0.717) is 0 Å². The highest BCUT2D eigenvalue weighted by atomic mass is 79.9. The summed E-state index contributed by atoms with van der Waals surface area (Å²) >= 11 is 3.48. The molecule has 0 atom stereocenters. The van der Waals surface area contributed by atoms with Gasteiger partial charge in [-0.3, -0.25) is 4.79 Å². The molecule has 5 heteroatoms. The number of halogens is 2. The second-order valence-electron chi connectivity index (χ2n) is 6.81. The first-order valence-electron chi connectivity index (χ1n) is 7.76. The van der Waals surface area contributed by atoms with E-state index in [1.54, 1.807) is 0 Å². The summed E-state index contributed by atoms with van der Waals surface area (Å²) in [6.07, 6.45) is 6.14. The molecular weight excluding hydrogens is 364 g/mol. The molecule has 0 radical (unpaired) electrons. The van der Waals surface area contributed by atoms with Crippen LogP contribution in [0.2, 0.25) is 0 Å². The molecule has 2 saturated carbocycles. The Morgan fingerprint density at radius 2 is 1.73 bits per heavy atom. The normalized spacial score (nSPS) is 21.0. The maximum Gasteiger partial charge on any atom is 0.242 e. The molecule has 1 aromatic rings. The zero-order chi connectivity index (χ0) is 15.1. The van der Waals surface area contributed by atoms with Crippen LogP contribution in [-0.4, -0.2) is 29.9 Å². The van der Waals surface area contributed by atoms with Crippen LogP contribution in [0.4, 0.5) is 0 Å². The van der Waals surface area contributed by atoms with Crippen LogP contribution in [-0.2, 0) is 10.2 Å². The van der Waals surface area contributed by atoms with Crippen molar-refractivity contribution in [2.75, 3.05) is 13.6 Å². The molecule has 2 N–H and O–H groups in total. The van der Waals surface area contributed by atoms with Gasteiger partial charge in [0.2, 0.25) is 5.91 Å². The molecule has 0 bridgehead atoms. The van der Waals surface area contributed by atoms with Gasteiger partial charge in [-0.2, -0.15) is 0 Å². The van der Waals surface area contributed by atoms with Gasteiger partial charge in [-0.15, -0.1) is 12.4 Å². The lowest BCUT2D eigenvalue weighted by Crippen LogP contribution is -2.53. The molecule has 0 spiro atoms. The minimum absolute atomic E-state index is 0. The van der Waals surface area contributed by atoms with E-state index in [4.69, 9.17) is 5.73 Å². The third-order valence-corrected chi connectivity index (χ3v) is 5.65. The molecule has 3 nitrogen and oxygen atoms in total. The number of hydrogen-bond donors (Lipinski definition) is 1. The highest BCUT2D eigenvalue weighted by molar-refractivity contribution is 9.10. The van der Waals surface area contributed by atoms with E-state index in [-0.39, 0.29) is 23.7 Å². The summed E-state index contributed by atoms with van der Waals surface area (Å²) in [4.78, 5) is 14.5. The van der Waals surface area contributed by atoms with Crippen molar-refractivity contribution in [2.45, 2.75) is 49.5 Å². The summed E-state index contributed by atoms with van der Waals surface area (Å²) in [6, 6.07) is 8.50. The SMILES string of the molecule is CN(CC1(c2ccc(Br)cc2)CC1)C(=O)C1(N)CCCC1.Cl. The van der Waals surface area contributed by atoms with Crippen molar-refractivity contribution in [3.05, 3.63) is 34.3 Å². The van der Waals surface area contributed by atoms with Gasteiger partial charge in [0.25, 0.3) is 0 Å². The third-order valence-electron chi connectivity index (χ3n) is 5.12. The molecule has 122 valence electrons. The van der Waals surface area contributed by atoms with Gasteiger partial charge in [-0.05, 0) is 43.4 Å². The summed E-state index contributed by atoms with van der Waals surface area (Å²) < 4.78 is 1.10. The van der Waals surface area contributed by atoms with Crippen molar-refractivity contribution in [2.24, 2.45) is 5.73 Å². The molecule has 0 heterocycles. The highest BCUT2D eigenvalue weighted by Gasteiger charge is 2.47. The van der Waals surface area contributed by atoms with Crippen LogP contribution in [0.5, 0.6) is 0 Å². The number of likely N-dealkylation sites (N-methyl/N-ethyl adjacent to an activating group) is 1. The molecule has 2 aliphatic rings. The Kier molecular flexibility index (Phi) is 5.25. The summed E-state index contributed by atoms with van der Waals surface area (Å²) in [5, 5.41) is 0. The van der Waals surface area contributed by atoms with Crippen LogP contribution in [0.15, 0.2) is 28.7 Å². The minimum atomic E-state index is -0.607. The van der Waals surface area contributed by atoms with Crippen molar-refractivity contribution in [3.63, 3.8) is 0 Å². The van der Waals surface area contributed by atoms with Crippen LogP contribution in [0.3, 0.4) is 0 Å². The molecule has 2 fully saturated rings. The van der Waals surface area contributed by atoms with E-state index in [1.165, 1.54) is 5.56 Å². The summed E-state index contributed by atoms with van der Waals surface area (Å²) in [5.41, 5.74) is 7.19. The smallest absolute Gasteiger partial charge is 0.242 e. The number of benzene rings is 1. The molecule has 0 aliphatic heterocycles. The standard InChI is InChI=1S/C17H23BrN2O.ClH/c1-20(15(21)17(19)8-2-3-9-17)12-16(10-11-16)13-4-6-14(18)7-5-13;/h4-7H,2-3,8-12,19H2,1H3;1H. The highest BCUT2D eigenvalue weighted by Crippen LogP contribution is 2.49. The number of carbonyl (C=O) groups excluding carboxylic acids is 1. The average Bonchev–Trinajstić information content (AvgIpc) is 3.11. The first-order chi connectivity index (χ1) is 9.95. The Morgan fingerprint density at radius 3 is 2.23 bits per heavy atom. The fraction of sp³-hybridized carbons (Fsp3) is 0.588. The maximum atomic E-state index is 12.7. The zero-order valence-electron chi connectivity index (χ0n) is 13.0. The van der Waals surface area contributed by atoms with Crippen molar-refractivity contribution >= 4 is 34.2 Å². The third kappa shape index (κ3) is 3.34. The van der Waals surface area contributed by atoms with Gasteiger partial charge in [0.15, 0.2) is 0 Å². The molecule has 0 saturated heterocycles. The monoisotopic (exact) mass is 386 g/mol. The summed E-state index contributed by atoms with van der Waals surface area (Å²) in [5.74, 6) is 0.128. The van der Waals surface area contributed by atoms with E-state index >= 15 is 0 Å². The molecule has 0 unspecified atom stereocenters. The average molecular weight is 388 g/mol. The van der Waals surface area contributed by atoms with Gasteiger partial charge in [-0.25, -0.2) is 0 Å². The van der Waals surface area contributed by atoms with E-state index < -0.39 is 5.54 Å². The van der Waals surface area contributed by atoms with Crippen LogP contribution >= 0.6 is 28.3 Å². The van der Waals surface area contributed by atoms with Crippen LogP contribution in [0.25, 0.3) is 0 Å². The van der Waals surface area contributed by atoms with Gasteiger partial charge >= 0.3 is 0 Å². The predicted molar refractivity (Wildman–Crippen MR) is 95.3 cm³/mol. The number of nitrogens with two attached hydrogens (primary N) is 1. The van der Waals surface area contributed by atoms with Crippen LogP contribution < -0.4 is 5.73 Å². The largest absolute Gasteiger partial charge is 0.343 e. The molecule has 1 amide bonds. The minimum Gasteiger partial charge on any atom is -0.343 e. The summed E-state index contributed by atoms with van der Waals surface area (Å²) in [7, 11) is 1.91. The lowest BCUT2D eigenvalue weighted by atomic mass is 9.93. The maximum absolute atomic E-state index is 12.7. The number of carbonyl (C=O) groups is 1. The van der Waals surface area contributed by atoms with Gasteiger partial charge in [-0.1, -0.05) is 40.9 Å². The second kappa shape index (κ2) is 6.50. The predicted octanol–water partition coefficient (Wildman–Crippen LogP) is 3.63. The van der Waals surface area contributed by atoms with Gasteiger partial charge in [0, 0.05) is 23.5 Å². The van der Waals surface area contributed by atoms with Crippen LogP contribution in [0, 0.1) is 0 Å². The van der Waals surface area contributed by atoms with E-state index in [0.717, 1.165) is 49.5 Å². The van der Waals surface area contributed by atoms with Crippen molar-refractivity contribution in [1.82, 2.24) is 4.90 Å². The number of hydrogen-bond acceptors (Lipinski definition) is 2. The van der Waals surface area contributed by atoms with Gasteiger partial charge in [0.05, 0.1) is 5.54 Å². The number of amides is 1. The Balaban J connectivity index is 0.00000176. The fourth-order valence-electron chi connectivity index (χ4n) is 3.62. The van der Waals surface area contributed by atoms with Crippen LogP contribution in [0.1, 0.15) is 44.1 Å². The zero-order valence-corrected chi connectivity index (χ0v) is 15.4. The fourth-order valence-corrected chi connectivity index (χ4v) is 3.88. The molecule has 1 aromatic carbocycles. The quantitative estimate of drug-likeness (QED) is 0.857. The number of rotatable bonds is 4.